The van der Waals surface area contributed by atoms with Crippen molar-refractivity contribution < 1.29 is 17.6 Å². The fourth-order valence-corrected chi connectivity index (χ4v) is 7.12. The number of rotatable bonds is 6. The number of furan rings is 1. The molecular formula is C24H23N3O4S2. The molecule has 6 rings (SSSR count). The van der Waals surface area contributed by atoms with Gasteiger partial charge in [-0.3, -0.25) is 4.90 Å². The van der Waals surface area contributed by atoms with Crippen LogP contribution in [0, 0.1) is 11.8 Å². The highest BCUT2D eigenvalue weighted by molar-refractivity contribution is 7.89. The van der Waals surface area contributed by atoms with E-state index in [2.05, 4.69) is 22.0 Å². The molecule has 0 bridgehead atoms. The molecular weight excluding hydrogens is 458 g/mol. The fraction of sp³-hybridized carbons (Fsp3) is 0.292. The highest BCUT2D eigenvalue weighted by atomic mass is 32.2. The maximum atomic E-state index is 12.7. The molecule has 170 valence electrons. The highest BCUT2D eigenvalue weighted by Gasteiger charge is 2.44. The summed E-state index contributed by atoms with van der Waals surface area (Å²) in [5, 5.41) is 0.679. The number of sulfonamides is 1. The lowest BCUT2D eigenvalue weighted by atomic mass is 10.0. The number of para-hydroxylation sites is 1. The second-order valence-electron chi connectivity index (χ2n) is 8.66. The average Bonchev–Trinajstić information content (AvgIpc) is 3.58. The van der Waals surface area contributed by atoms with Crippen LogP contribution in [0.3, 0.4) is 0 Å². The van der Waals surface area contributed by atoms with Gasteiger partial charge in [-0.2, -0.15) is 4.31 Å². The third-order valence-electron chi connectivity index (χ3n) is 6.43. The molecule has 0 amide bonds. The van der Waals surface area contributed by atoms with Crippen molar-refractivity contribution in [3.05, 3.63) is 72.5 Å². The van der Waals surface area contributed by atoms with Crippen LogP contribution in [-0.2, 0) is 16.6 Å². The Morgan fingerprint density at radius 3 is 2.42 bits per heavy atom. The number of ether oxygens (including phenoxy) is 1. The van der Waals surface area contributed by atoms with Gasteiger partial charge >= 0.3 is 0 Å². The second-order valence-corrected chi connectivity index (χ2v) is 11.5. The zero-order chi connectivity index (χ0) is 22.4. The van der Waals surface area contributed by atoms with Gasteiger partial charge in [0.15, 0.2) is 0 Å². The van der Waals surface area contributed by atoms with Gasteiger partial charge in [-0.15, -0.1) is 0 Å². The average molecular weight is 482 g/mol. The molecule has 2 fully saturated rings. The van der Waals surface area contributed by atoms with E-state index in [0.717, 1.165) is 35.6 Å². The van der Waals surface area contributed by atoms with Crippen molar-refractivity contribution in [2.45, 2.75) is 11.6 Å². The van der Waals surface area contributed by atoms with Gasteiger partial charge in [0.25, 0.3) is 15.2 Å². The first-order chi connectivity index (χ1) is 16.0. The number of benzene rings is 2. The Labute approximate surface area is 196 Å². The van der Waals surface area contributed by atoms with Crippen molar-refractivity contribution in [1.82, 2.24) is 14.2 Å². The quantitative estimate of drug-likeness (QED) is 0.405. The van der Waals surface area contributed by atoms with Crippen molar-refractivity contribution >= 4 is 31.6 Å². The standard InChI is InChI=1S/C24H23N3O4S2/c28-33(29,23-6-3-11-30-23)27-15-18-13-26(14-19(18)16-27)12-17-7-9-20(10-8-17)31-24-25-21-4-1-2-5-22(21)32-24/h1-11,18-19H,12-16H2. The summed E-state index contributed by atoms with van der Waals surface area (Å²) in [6, 6.07) is 19.3. The largest absolute Gasteiger partial charge is 0.452 e. The van der Waals surface area contributed by atoms with E-state index in [9.17, 15) is 8.42 Å². The molecule has 33 heavy (non-hydrogen) atoms. The lowest BCUT2D eigenvalue weighted by Gasteiger charge is -2.20. The van der Waals surface area contributed by atoms with E-state index >= 15 is 0 Å². The first-order valence-electron chi connectivity index (χ1n) is 10.9. The summed E-state index contributed by atoms with van der Waals surface area (Å²) in [5.74, 6) is 1.49. The van der Waals surface area contributed by atoms with E-state index in [1.165, 1.54) is 29.2 Å². The maximum Gasteiger partial charge on any atom is 0.279 e. The predicted molar refractivity (Wildman–Crippen MR) is 126 cm³/mol. The molecule has 2 atom stereocenters. The molecule has 2 aliphatic rings. The van der Waals surface area contributed by atoms with Crippen LogP contribution >= 0.6 is 11.3 Å². The second kappa shape index (κ2) is 8.25. The summed E-state index contributed by atoms with van der Waals surface area (Å²) in [4.78, 5) is 6.93. The van der Waals surface area contributed by atoms with Crippen LogP contribution in [0.5, 0.6) is 10.9 Å². The molecule has 2 aromatic heterocycles. The van der Waals surface area contributed by atoms with Crippen LogP contribution in [0.2, 0.25) is 0 Å². The van der Waals surface area contributed by atoms with Crippen LogP contribution in [0.1, 0.15) is 5.56 Å². The molecule has 2 unspecified atom stereocenters. The molecule has 0 saturated carbocycles. The van der Waals surface area contributed by atoms with Crippen LogP contribution in [-0.4, -0.2) is 48.8 Å². The van der Waals surface area contributed by atoms with E-state index in [4.69, 9.17) is 9.15 Å². The lowest BCUT2D eigenvalue weighted by Crippen LogP contribution is -2.33. The Balaban J connectivity index is 1.05. The smallest absolute Gasteiger partial charge is 0.279 e. The van der Waals surface area contributed by atoms with Crippen molar-refractivity contribution in [2.24, 2.45) is 11.8 Å². The fourth-order valence-electron chi connectivity index (χ4n) is 4.83. The Bertz CT molecular complexity index is 1320. The molecule has 0 N–H and O–H groups in total. The Hall–Kier alpha value is -2.72. The van der Waals surface area contributed by atoms with Gasteiger partial charge in [-0.1, -0.05) is 35.6 Å². The van der Waals surface area contributed by atoms with Crippen LogP contribution in [0.15, 0.2) is 76.4 Å². The first-order valence-corrected chi connectivity index (χ1v) is 13.2. The molecule has 2 aliphatic heterocycles. The Morgan fingerprint density at radius 2 is 1.73 bits per heavy atom. The van der Waals surface area contributed by atoms with Crippen molar-refractivity contribution in [3.63, 3.8) is 0 Å². The zero-order valence-corrected chi connectivity index (χ0v) is 19.5. The predicted octanol–water partition coefficient (Wildman–Crippen LogP) is 4.43. The summed E-state index contributed by atoms with van der Waals surface area (Å²) in [6.07, 6.45) is 1.40. The molecule has 0 spiro atoms. The summed E-state index contributed by atoms with van der Waals surface area (Å²) < 4.78 is 39.2. The van der Waals surface area contributed by atoms with E-state index in [1.54, 1.807) is 10.4 Å². The summed E-state index contributed by atoms with van der Waals surface area (Å²) in [7, 11) is -3.52. The number of fused-ring (bicyclic) bond motifs is 2. The van der Waals surface area contributed by atoms with E-state index < -0.39 is 10.0 Å². The van der Waals surface area contributed by atoms with Crippen molar-refractivity contribution in [2.75, 3.05) is 26.2 Å². The zero-order valence-electron chi connectivity index (χ0n) is 17.8. The number of thiazole rings is 1. The Morgan fingerprint density at radius 1 is 0.970 bits per heavy atom. The van der Waals surface area contributed by atoms with Gasteiger partial charge in [0, 0.05) is 32.7 Å². The van der Waals surface area contributed by atoms with Gasteiger partial charge in [-0.05, 0) is 53.8 Å². The normalized spacial score (nSPS) is 21.6. The SMILES string of the molecule is O=S(=O)(c1ccco1)N1CC2CN(Cc3ccc(Oc4nc5ccccc5s4)cc3)CC2C1. The highest BCUT2D eigenvalue weighted by Crippen LogP contribution is 2.35. The van der Waals surface area contributed by atoms with Crippen molar-refractivity contribution in [3.8, 4) is 10.9 Å². The maximum absolute atomic E-state index is 12.7. The molecule has 2 saturated heterocycles. The molecule has 4 aromatic rings. The minimum atomic E-state index is -3.52. The molecule has 2 aromatic carbocycles. The van der Waals surface area contributed by atoms with Crippen LogP contribution in [0.4, 0.5) is 0 Å². The number of nitrogens with zero attached hydrogens (tertiary/aromatic N) is 3. The minimum absolute atomic E-state index is 0.0347. The number of aromatic nitrogens is 1. The van der Waals surface area contributed by atoms with E-state index in [-0.39, 0.29) is 5.09 Å². The molecule has 0 aliphatic carbocycles. The van der Waals surface area contributed by atoms with Gasteiger partial charge < -0.3 is 9.15 Å². The summed E-state index contributed by atoms with van der Waals surface area (Å²) in [6.45, 7) is 3.76. The lowest BCUT2D eigenvalue weighted by molar-refractivity contribution is 0.288. The van der Waals surface area contributed by atoms with Gasteiger partial charge in [0.1, 0.15) is 5.75 Å². The van der Waals surface area contributed by atoms with Crippen LogP contribution in [0.25, 0.3) is 10.2 Å². The van der Waals surface area contributed by atoms with Gasteiger partial charge in [0.2, 0.25) is 5.09 Å². The monoisotopic (exact) mass is 481 g/mol. The topological polar surface area (TPSA) is 75.9 Å². The third-order valence-corrected chi connectivity index (χ3v) is 9.06. The third kappa shape index (κ3) is 4.06. The summed E-state index contributed by atoms with van der Waals surface area (Å²) in [5.41, 5.74) is 2.16. The van der Waals surface area contributed by atoms with Gasteiger partial charge in [-0.25, -0.2) is 13.4 Å². The first kappa shape index (κ1) is 20.9. The van der Waals surface area contributed by atoms with Crippen LogP contribution < -0.4 is 4.74 Å². The molecule has 9 heteroatoms. The Kier molecular flexibility index (Phi) is 5.21. The minimum Gasteiger partial charge on any atom is -0.452 e. The summed E-state index contributed by atoms with van der Waals surface area (Å²) >= 11 is 1.54. The number of hydrogen-bond acceptors (Lipinski definition) is 7. The van der Waals surface area contributed by atoms with Gasteiger partial charge in [0.05, 0.1) is 16.5 Å². The number of likely N-dealkylation sites (tertiary alicyclic amines) is 1. The van der Waals surface area contributed by atoms with E-state index in [0.29, 0.717) is 30.1 Å². The molecule has 4 heterocycles. The molecule has 0 radical (unpaired) electrons. The van der Waals surface area contributed by atoms with E-state index in [1.807, 2.05) is 36.4 Å². The number of hydrogen-bond donors (Lipinski definition) is 0. The molecule has 7 nitrogen and oxygen atoms in total. The van der Waals surface area contributed by atoms with Crippen molar-refractivity contribution in [1.29, 1.82) is 0 Å².